The lowest BCUT2D eigenvalue weighted by atomic mass is 10.1. The number of unbranched alkanes of at least 4 members (excludes halogenated alkanes) is 1. The molecule has 0 fully saturated rings. The monoisotopic (exact) mass is 424 g/mol. The minimum atomic E-state index is -0.476. The Bertz CT molecular complexity index is 483. The van der Waals surface area contributed by atoms with Gasteiger partial charge in [-0.05, 0) is 49.2 Å². The van der Waals surface area contributed by atoms with Crippen molar-refractivity contribution in [2.24, 2.45) is 0 Å². The Kier molecular flexibility index (Phi) is 8.90. The van der Waals surface area contributed by atoms with E-state index in [2.05, 4.69) is 33.5 Å². The minimum Gasteiger partial charge on any atom is -0.444 e. The molecule has 2 N–H and O–H groups in total. The Balaban J connectivity index is 2.46. The van der Waals surface area contributed by atoms with Crippen LogP contribution in [0.4, 0.5) is 4.79 Å². The van der Waals surface area contributed by atoms with Crippen LogP contribution in [0, 0.1) is 0 Å². The van der Waals surface area contributed by atoms with Crippen LogP contribution in [0.3, 0.4) is 0 Å². The second-order valence-electron chi connectivity index (χ2n) is 6.44. The van der Waals surface area contributed by atoms with Gasteiger partial charge in [-0.1, -0.05) is 31.4 Å². The summed E-state index contributed by atoms with van der Waals surface area (Å²) < 4.78 is 6.97. The molecule has 7 heteroatoms. The number of rotatable bonds is 8. The summed E-state index contributed by atoms with van der Waals surface area (Å²) in [5.74, 6) is 0. The molecule has 0 radical (unpaired) electrons. The van der Waals surface area contributed by atoms with Gasteiger partial charge in [0.05, 0.1) is 0 Å². The van der Waals surface area contributed by atoms with E-state index in [-0.39, 0.29) is 12.1 Å². The molecule has 1 rings (SSSR count). The summed E-state index contributed by atoms with van der Waals surface area (Å²) in [6.07, 6.45) is 2.87. The molecule has 0 aliphatic rings. The molecular weight excluding hydrogens is 400 g/mol. The lowest BCUT2D eigenvalue weighted by Crippen LogP contribution is -2.42. The van der Waals surface area contributed by atoms with Crippen molar-refractivity contribution in [2.45, 2.75) is 65.1 Å². The van der Waals surface area contributed by atoms with Gasteiger partial charge in [-0.2, -0.15) is 0 Å². The molecule has 1 aromatic rings. The lowest BCUT2D eigenvalue weighted by Gasteiger charge is -2.22. The highest BCUT2D eigenvalue weighted by molar-refractivity contribution is 9.10. The number of hydrogen-bond acceptors (Lipinski definition) is 4. The average Bonchev–Trinajstić information content (AvgIpc) is 2.75. The molecule has 0 saturated carbocycles. The molecule has 1 aromatic heterocycles. The smallest absolute Gasteiger partial charge is 0.407 e. The molecule has 0 spiro atoms. The molecule has 1 unspecified atom stereocenters. The van der Waals surface area contributed by atoms with Gasteiger partial charge in [-0.25, -0.2) is 4.79 Å². The Morgan fingerprint density at radius 3 is 2.70 bits per heavy atom. The first-order chi connectivity index (χ1) is 10.7. The average molecular weight is 426 g/mol. The zero-order valence-electron chi connectivity index (χ0n) is 14.2. The van der Waals surface area contributed by atoms with Crippen LogP contribution in [-0.2, 0) is 11.3 Å². The second-order valence-corrected chi connectivity index (χ2v) is 9.03. The fraction of sp³-hybridized carbons (Fsp3) is 0.688. The van der Waals surface area contributed by atoms with Crippen LogP contribution in [0.15, 0.2) is 10.5 Å². The normalized spacial score (nSPS) is 13.0. The molecule has 0 bridgehead atoms. The van der Waals surface area contributed by atoms with E-state index >= 15 is 0 Å². The van der Waals surface area contributed by atoms with E-state index in [0.29, 0.717) is 6.54 Å². The van der Waals surface area contributed by atoms with Crippen LogP contribution in [0.2, 0.25) is 4.34 Å². The van der Waals surface area contributed by atoms with Crippen LogP contribution in [-0.4, -0.2) is 24.3 Å². The highest BCUT2D eigenvalue weighted by atomic mass is 79.9. The number of hydrogen-bond donors (Lipinski definition) is 2. The zero-order valence-corrected chi connectivity index (χ0v) is 17.3. The lowest BCUT2D eigenvalue weighted by molar-refractivity contribution is 0.0521. The predicted octanol–water partition coefficient (Wildman–Crippen LogP) is 5.34. The molecule has 1 heterocycles. The Morgan fingerprint density at radius 1 is 1.48 bits per heavy atom. The largest absolute Gasteiger partial charge is 0.444 e. The van der Waals surface area contributed by atoms with Crippen molar-refractivity contribution in [3.05, 3.63) is 19.8 Å². The number of halogens is 2. The molecule has 23 heavy (non-hydrogen) atoms. The van der Waals surface area contributed by atoms with E-state index in [0.717, 1.165) is 34.6 Å². The predicted molar refractivity (Wildman–Crippen MR) is 101 cm³/mol. The fourth-order valence-corrected chi connectivity index (χ4v) is 3.71. The van der Waals surface area contributed by atoms with Gasteiger partial charge < -0.3 is 15.4 Å². The van der Waals surface area contributed by atoms with Crippen LogP contribution in [0.25, 0.3) is 0 Å². The highest BCUT2D eigenvalue weighted by Gasteiger charge is 2.17. The first-order valence-corrected chi connectivity index (χ1v) is 9.84. The number of alkyl carbamates (subject to hydrolysis) is 1. The van der Waals surface area contributed by atoms with Crippen LogP contribution >= 0.6 is 38.9 Å². The second kappa shape index (κ2) is 9.87. The molecule has 4 nitrogen and oxygen atoms in total. The Labute approximate surface area is 156 Å². The summed E-state index contributed by atoms with van der Waals surface area (Å²) in [7, 11) is 0. The summed E-state index contributed by atoms with van der Waals surface area (Å²) in [5, 5.41) is 6.34. The summed E-state index contributed by atoms with van der Waals surface area (Å²) in [6.45, 7) is 9.03. The maximum absolute atomic E-state index is 11.8. The number of carbonyl (C=O) groups is 1. The summed E-state index contributed by atoms with van der Waals surface area (Å²) in [4.78, 5) is 12.9. The zero-order chi connectivity index (χ0) is 17.5. The van der Waals surface area contributed by atoms with Crippen LogP contribution in [0.1, 0.15) is 51.8 Å². The van der Waals surface area contributed by atoms with Gasteiger partial charge in [-0.3, -0.25) is 0 Å². The van der Waals surface area contributed by atoms with Crippen molar-refractivity contribution in [2.75, 3.05) is 6.54 Å². The summed E-state index contributed by atoms with van der Waals surface area (Å²) >= 11 is 11.0. The van der Waals surface area contributed by atoms with E-state index in [1.807, 2.05) is 26.8 Å². The molecule has 0 aliphatic heterocycles. The number of carbonyl (C=O) groups excluding carboxylic acids is 1. The maximum atomic E-state index is 11.8. The first kappa shape index (κ1) is 20.7. The van der Waals surface area contributed by atoms with Gasteiger partial charge in [0.2, 0.25) is 0 Å². The number of ether oxygens (including phenoxy) is 1. The molecule has 0 aromatic carbocycles. The minimum absolute atomic E-state index is 0.210. The fourth-order valence-electron chi connectivity index (χ4n) is 1.97. The molecular formula is C16H26BrClN2O2S. The number of nitrogens with one attached hydrogen (secondary N) is 2. The summed E-state index contributed by atoms with van der Waals surface area (Å²) in [6, 6.07) is 2.24. The number of amides is 1. The molecule has 132 valence electrons. The third-order valence-electron chi connectivity index (χ3n) is 3.06. The molecule has 0 aliphatic carbocycles. The van der Waals surface area contributed by atoms with Gasteiger partial charge >= 0.3 is 6.09 Å². The quantitative estimate of drug-likeness (QED) is 0.591. The van der Waals surface area contributed by atoms with Crippen molar-refractivity contribution in [1.29, 1.82) is 0 Å². The molecule has 0 saturated heterocycles. The SMILES string of the molecule is CCCCC(CNC(=O)OC(C)(C)C)NCc1cc(Br)c(Cl)s1. The van der Waals surface area contributed by atoms with Crippen LogP contribution in [0.5, 0.6) is 0 Å². The Hall–Kier alpha value is -0.300. The standard InChI is InChI=1S/C16H26BrClN2O2S/c1-5-6-7-11(9-20-15(21)22-16(2,3)4)19-10-12-8-13(17)14(18)23-12/h8,11,19H,5-7,9-10H2,1-4H3,(H,20,21). The maximum Gasteiger partial charge on any atom is 0.407 e. The van der Waals surface area contributed by atoms with Gasteiger partial charge in [-0.15, -0.1) is 11.3 Å². The third-order valence-corrected chi connectivity index (χ3v) is 5.53. The van der Waals surface area contributed by atoms with Gasteiger partial charge in [0.15, 0.2) is 0 Å². The van der Waals surface area contributed by atoms with Crippen molar-refractivity contribution < 1.29 is 9.53 Å². The highest BCUT2D eigenvalue weighted by Crippen LogP contribution is 2.31. The van der Waals surface area contributed by atoms with Crippen molar-refractivity contribution in [1.82, 2.24) is 10.6 Å². The molecule has 1 amide bonds. The van der Waals surface area contributed by atoms with Gasteiger partial charge in [0.25, 0.3) is 0 Å². The first-order valence-electron chi connectivity index (χ1n) is 7.85. The van der Waals surface area contributed by atoms with E-state index in [9.17, 15) is 4.79 Å². The number of thiophene rings is 1. The van der Waals surface area contributed by atoms with E-state index in [1.54, 1.807) is 11.3 Å². The third kappa shape index (κ3) is 8.94. The van der Waals surface area contributed by atoms with E-state index in [1.165, 1.54) is 4.88 Å². The molecule has 1 atom stereocenters. The van der Waals surface area contributed by atoms with Gasteiger partial charge in [0.1, 0.15) is 9.94 Å². The van der Waals surface area contributed by atoms with Crippen molar-refractivity contribution in [3.63, 3.8) is 0 Å². The summed E-state index contributed by atoms with van der Waals surface area (Å²) in [5.41, 5.74) is -0.476. The van der Waals surface area contributed by atoms with Crippen LogP contribution < -0.4 is 10.6 Å². The topological polar surface area (TPSA) is 50.4 Å². The van der Waals surface area contributed by atoms with Crippen molar-refractivity contribution >= 4 is 45.0 Å². The van der Waals surface area contributed by atoms with Crippen molar-refractivity contribution in [3.8, 4) is 0 Å². The van der Waals surface area contributed by atoms with Gasteiger partial charge in [0, 0.05) is 28.5 Å². The van der Waals surface area contributed by atoms with E-state index < -0.39 is 5.60 Å². The van der Waals surface area contributed by atoms with E-state index in [4.69, 9.17) is 16.3 Å². The Morgan fingerprint density at radius 2 is 2.17 bits per heavy atom.